The fourth-order valence-electron chi connectivity index (χ4n) is 2.57. The number of hydrogen-bond acceptors (Lipinski definition) is 9. The fraction of sp³-hybridized carbons (Fsp3) is 0.412. The van der Waals surface area contributed by atoms with Gasteiger partial charge in [0.15, 0.2) is 5.96 Å². The lowest BCUT2D eigenvalue weighted by atomic mass is 10.2. The van der Waals surface area contributed by atoms with Crippen LogP contribution in [0.3, 0.4) is 0 Å². The van der Waals surface area contributed by atoms with Crippen LogP contribution in [0.1, 0.15) is 12.0 Å². The molecule has 1 saturated heterocycles. The number of ether oxygens (including phenoxy) is 1. The van der Waals surface area contributed by atoms with Gasteiger partial charge in [-0.2, -0.15) is 13.2 Å². The number of halogens is 3. The number of alkyl carbamates (subject to hydrolysis) is 1. The van der Waals surface area contributed by atoms with Crippen molar-refractivity contribution in [2.75, 3.05) is 19.6 Å². The highest BCUT2D eigenvalue weighted by Gasteiger charge is 2.43. The first-order chi connectivity index (χ1) is 15.4. The molecule has 0 unspecified atom stereocenters. The molecule has 4 N–H and O–H groups in total. The van der Waals surface area contributed by atoms with Gasteiger partial charge in [0, 0.05) is 24.7 Å². The maximum atomic E-state index is 12.2. The largest absolute Gasteiger partial charge is 0.492 e. The second-order valence-corrected chi connectivity index (χ2v) is 6.64. The summed E-state index contributed by atoms with van der Waals surface area (Å²) in [5, 5.41) is 15.9. The first-order valence-corrected chi connectivity index (χ1v) is 9.24. The molecule has 2 rings (SSSR count). The van der Waals surface area contributed by atoms with Crippen LogP contribution in [-0.2, 0) is 25.8 Å². The molecule has 1 aromatic rings. The number of nitro groups is 1. The van der Waals surface area contributed by atoms with Crippen molar-refractivity contribution in [3.05, 3.63) is 39.9 Å². The number of nitrogens with two attached hydrogens (primary N) is 1. The van der Waals surface area contributed by atoms with Crippen molar-refractivity contribution in [1.82, 2.24) is 15.7 Å². The molecule has 1 aliphatic heterocycles. The minimum absolute atomic E-state index is 0.000328. The van der Waals surface area contributed by atoms with Crippen LogP contribution in [0.25, 0.3) is 0 Å². The van der Waals surface area contributed by atoms with Crippen LogP contribution >= 0.6 is 0 Å². The van der Waals surface area contributed by atoms with Crippen molar-refractivity contribution >= 4 is 29.6 Å². The summed E-state index contributed by atoms with van der Waals surface area (Å²) in [5.41, 5.74) is 5.85. The highest BCUT2D eigenvalue weighted by molar-refractivity contribution is 5.94. The Labute approximate surface area is 183 Å². The summed E-state index contributed by atoms with van der Waals surface area (Å²) in [5.74, 6) is -3.41. The summed E-state index contributed by atoms with van der Waals surface area (Å²) in [6.07, 6.45) is -5.86. The Morgan fingerprint density at radius 1 is 1.27 bits per heavy atom. The number of aliphatic imine (C=N–C) groups is 1. The van der Waals surface area contributed by atoms with Gasteiger partial charge in [0.1, 0.15) is 13.2 Å². The minimum Gasteiger partial charge on any atom is -0.444 e. The summed E-state index contributed by atoms with van der Waals surface area (Å²) in [7, 11) is 0. The fourth-order valence-corrected chi connectivity index (χ4v) is 2.57. The Kier molecular flexibility index (Phi) is 8.49. The number of alkyl halides is 3. The third-order valence-electron chi connectivity index (χ3n) is 4.10. The zero-order valence-corrected chi connectivity index (χ0v) is 16.8. The molecule has 0 bridgehead atoms. The average Bonchev–Trinajstić information content (AvgIpc) is 3.17. The van der Waals surface area contributed by atoms with Crippen LogP contribution in [0.5, 0.6) is 0 Å². The maximum Gasteiger partial charge on any atom is 0.492 e. The number of carbonyl (C=O) groups excluding carboxylic acids is 3. The van der Waals surface area contributed by atoms with Crippen LogP contribution in [0.2, 0.25) is 0 Å². The number of benzene rings is 1. The number of guanidine groups is 1. The van der Waals surface area contributed by atoms with E-state index in [0.29, 0.717) is 5.56 Å². The summed E-state index contributed by atoms with van der Waals surface area (Å²) < 4.78 is 41.5. The third-order valence-corrected chi connectivity index (χ3v) is 4.10. The highest BCUT2D eigenvalue weighted by Crippen LogP contribution is 2.19. The standard InChI is InChI=1S/C17H19F3N6O7/c18-17(19,20)14(28)33-25-6-5-11(8-25)23-13(27)7-22-15(21)24-16(29)32-9-10-1-3-12(4-2-10)26(30)31/h1-4,11H,5-9H2,(H,23,27)(H3,21,22,24,29)/t11-/m0/s1. The molecule has 1 aromatic carbocycles. The van der Waals surface area contributed by atoms with Gasteiger partial charge in [-0.1, -0.05) is 0 Å². The Morgan fingerprint density at radius 3 is 2.55 bits per heavy atom. The molecule has 33 heavy (non-hydrogen) atoms. The molecular formula is C17H19F3N6O7. The normalized spacial score (nSPS) is 16.7. The van der Waals surface area contributed by atoms with E-state index in [1.54, 1.807) is 0 Å². The number of nitro benzene ring substituents is 1. The van der Waals surface area contributed by atoms with Gasteiger partial charge in [0.25, 0.3) is 5.69 Å². The van der Waals surface area contributed by atoms with E-state index in [9.17, 15) is 37.7 Å². The monoisotopic (exact) mass is 476 g/mol. The third kappa shape index (κ3) is 8.60. The summed E-state index contributed by atoms with van der Waals surface area (Å²) in [6, 6.07) is 4.72. The molecule has 13 nitrogen and oxygen atoms in total. The lowest BCUT2D eigenvalue weighted by Gasteiger charge is -2.16. The molecule has 0 saturated carbocycles. The van der Waals surface area contributed by atoms with Crippen molar-refractivity contribution in [2.24, 2.45) is 10.7 Å². The highest BCUT2D eigenvalue weighted by atomic mass is 19.4. The van der Waals surface area contributed by atoms with Crippen molar-refractivity contribution in [3.8, 4) is 0 Å². The van der Waals surface area contributed by atoms with E-state index in [0.717, 1.165) is 5.06 Å². The number of hydroxylamine groups is 2. The van der Waals surface area contributed by atoms with Gasteiger partial charge in [0.2, 0.25) is 5.91 Å². The molecule has 16 heteroatoms. The molecule has 0 spiro atoms. The zero-order valence-electron chi connectivity index (χ0n) is 16.8. The van der Waals surface area contributed by atoms with Gasteiger partial charge in [-0.15, -0.1) is 5.06 Å². The van der Waals surface area contributed by atoms with Crippen molar-refractivity contribution < 1.29 is 42.1 Å². The van der Waals surface area contributed by atoms with Crippen LogP contribution in [0.4, 0.5) is 23.7 Å². The van der Waals surface area contributed by atoms with E-state index < -0.39 is 47.6 Å². The predicted molar refractivity (Wildman–Crippen MR) is 103 cm³/mol. The lowest BCUT2D eigenvalue weighted by molar-refractivity contribution is -0.384. The molecule has 1 atom stereocenters. The van der Waals surface area contributed by atoms with E-state index in [1.165, 1.54) is 24.3 Å². The SMILES string of the molecule is NC(=NCC(=O)N[C@H]1CCN(OC(=O)C(F)(F)F)C1)NC(=O)OCc1ccc([N+](=O)[O-])cc1. The number of non-ortho nitro benzene ring substituents is 1. The van der Waals surface area contributed by atoms with Gasteiger partial charge < -0.3 is 20.6 Å². The average molecular weight is 476 g/mol. The van der Waals surface area contributed by atoms with Crippen molar-refractivity contribution in [3.63, 3.8) is 0 Å². The first-order valence-electron chi connectivity index (χ1n) is 9.24. The Hall–Kier alpha value is -3.95. The topological polar surface area (TPSA) is 178 Å². The summed E-state index contributed by atoms with van der Waals surface area (Å²) in [6.45, 7) is -0.831. The van der Waals surface area contributed by atoms with Crippen LogP contribution in [0, 0.1) is 10.1 Å². The van der Waals surface area contributed by atoms with E-state index in [1.807, 2.05) is 0 Å². The molecule has 0 aliphatic carbocycles. The number of amides is 2. The quantitative estimate of drug-likeness (QED) is 0.217. The van der Waals surface area contributed by atoms with E-state index in [4.69, 9.17) is 10.5 Å². The van der Waals surface area contributed by atoms with Gasteiger partial charge >= 0.3 is 18.2 Å². The second kappa shape index (κ2) is 11.1. The Balaban J connectivity index is 1.69. The van der Waals surface area contributed by atoms with Gasteiger partial charge in [-0.25, -0.2) is 14.6 Å². The van der Waals surface area contributed by atoms with Crippen molar-refractivity contribution in [1.29, 1.82) is 0 Å². The maximum absolute atomic E-state index is 12.2. The predicted octanol–water partition coefficient (Wildman–Crippen LogP) is 0.347. The summed E-state index contributed by atoms with van der Waals surface area (Å²) in [4.78, 5) is 52.2. The second-order valence-electron chi connectivity index (χ2n) is 6.64. The van der Waals surface area contributed by atoms with E-state index in [2.05, 4.69) is 20.5 Å². The van der Waals surface area contributed by atoms with Crippen molar-refractivity contribution in [2.45, 2.75) is 25.2 Å². The number of rotatable bonds is 7. The van der Waals surface area contributed by atoms with E-state index >= 15 is 0 Å². The lowest BCUT2D eigenvalue weighted by Crippen LogP contribution is -2.41. The molecule has 180 valence electrons. The summed E-state index contributed by atoms with van der Waals surface area (Å²) >= 11 is 0. The van der Waals surface area contributed by atoms with Crippen LogP contribution in [-0.4, -0.2) is 65.8 Å². The number of nitrogens with one attached hydrogen (secondary N) is 2. The Bertz CT molecular complexity index is 923. The number of nitrogens with zero attached hydrogens (tertiary/aromatic N) is 3. The zero-order chi connectivity index (χ0) is 24.6. The molecule has 1 fully saturated rings. The molecule has 0 aromatic heterocycles. The van der Waals surface area contributed by atoms with Gasteiger partial charge in [0.05, 0.1) is 11.5 Å². The molecule has 2 amide bonds. The molecular weight excluding hydrogens is 457 g/mol. The number of carbonyl (C=O) groups is 3. The smallest absolute Gasteiger partial charge is 0.444 e. The van der Waals surface area contributed by atoms with Crippen LogP contribution in [0.15, 0.2) is 29.3 Å². The Morgan fingerprint density at radius 2 is 1.94 bits per heavy atom. The van der Waals surface area contributed by atoms with E-state index in [-0.39, 0.29) is 31.8 Å². The first kappa shape index (κ1) is 25.3. The van der Waals surface area contributed by atoms with Gasteiger partial charge in [-0.3, -0.25) is 20.2 Å². The number of hydrogen-bond donors (Lipinski definition) is 3. The minimum atomic E-state index is -5.12. The van der Waals surface area contributed by atoms with Gasteiger partial charge in [-0.05, 0) is 24.1 Å². The molecule has 1 aliphatic rings. The molecule has 0 radical (unpaired) electrons. The molecule has 1 heterocycles. The van der Waals surface area contributed by atoms with Crippen LogP contribution < -0.4 is 16.4 Å².